The molecule has 0 unspecified atom stereocenters. The summed E-state index contributed by atoms with van der Waals surface area (Å²) in [6, 6.07) is 28.1. The Balaban J connectivity index is 1.28. The summed E-state index contributed by atoms with van der Waals surface area (Å²) in [6.45, 7) is 7.20. The maximum atomic E-state index is 13.6. The molecule has 1 heterocycles. The van der Waals surface area contributed by atoms with Gasteiger partial charge in [0.05, 0.1) is 7.11 Å². The van der Waals surface area contributed by atoms with Crippen molar-refractivity contribution in [1.29, 1.82) is 0 Å². The standard InChI is InChI=1S/C39H45N3O4/c1-39(2,3)46-38(44)42(35-10-6-5-7-11-35)28-30-14-18-33(19-15-30)32-16-12-29(13-17-32)26-41(27-31-9-8-24-40-25-31)37(43)34-20-22-36(45-4)23-21-34/h8-9,12-25,35H,5-7,10-11,26-28H2,1-4H3. The largest absolute Gasteiger partial charge is 0.497 e. The third kappa shape index (κ3) is 8.96. The zero-order valence-corrected chi connectivity index (χ0v) is 27.4. The van der Waals surface area contributed by atoms with Gasteiger partial charge in [0.15, 0.2) is 0 Å². The molecule has 0 aliphatic heterocycles. The Labute approximate surface area is 273 Å². The highest BCUT2D eigenvalue weighted by molar-refractivity contribution is 5.94. The van der Waals surface area contributed by atoms with Crippen LogP contribution in [0.3, 0.4) is 0 Å². The molecule has 1 aliphatic carbocycles. The SMILES string of the molecule is COc1ccc(C(=O)N(Cc2ccc(-c3ccc(CN(C(=O)OC(C)(C)C)C4CCCCC4)cc3)cc2)Cc2cccnc2)cc1. The lowest BCUT2D eigenvalue weighted by atomic mass is 9.94. The quantitative estimate of drug-likeness (QED) is 0.178. The summed E-state index contributed by atoms with van der Waals surface area (Å²) in [5, 5.41) is 0. The lowest BCUT2D eigenvalue weighted by Gasteiger charge is -2.35. The Bertz CT molecular complexity index is 1560. The van der Waals surface area contributed by atoms with Crippen LogP contribution in [-0.2, 0) is 24.4 Å². The molecular formula is C39H45N3O4. The molecule has 0 N–H and O–H groups in total. The number of benzene rings is 3. The van der Waals surface area contributed by atoms with Crippen molar-refractivity contribution in [3.05, 3.63) is 120 Å². The Morgan fingerprint density at radius 2 is 1.35 bits per heavy atom. The molecule has 0 spiro atoms. The number of carbonyl (C=O) groups excluding carboxylic acids is 2. The number of aromatic nitrogens is 1. The fourth-order valence-electron chi connectivity index (χ4n) is 5.91. The number of ether oxygens (including phenoxy) is 2. The summed E-state index contributed by atoms with van der Waals surface area (Å²) in [7, 11) is 1.61. The van der Waals surface area contributed by atoms with Crippen LogP contribution in [0.25, 0.3) is 11.1 Å². The van der Waals surface area contributed by atoms with Crippen molar-refractivity contribution in [2.75, 3.05) is 7.11 Å². The van der Waals surface area contributed by atoms with Crippen molar-refractivity contribution in [3.63, 3.8) is 0 Å². The van der Waals surface area contributed by atoms with Gasteiger partial charge in [0.25, 0.3) is 5.91 Å². The first kappa shape index (κ1) is 32.7. The molecule has 7 heteroatoms. The number of rotatable bonds is 10. The van der Waals surface area contributed by atoms with Crippen molar-refractivity contribution in [3.8, 4) is 16.9 Å². The van der Waals surface area contributed by atoms with Gasteiger partial charge in [0.1, 0.15) is 11.4 Å². The van der Waals surface area contributed by atoms with Crippen molar-refractivity contribution >= 4 is 12.0 Å². The van der Waals surface area contributed by atoms with E-state index in [0.717, 1.165) is 53.5 Å². The second-order valence-electron chi connectivity index (χ2n) is 13.0. The van der Waals surface area contributed by atoms with E-state index in [1.165, 1.54) is 6.42 Å². The third-order valence-corrected chi connectivity index (χ3v) is 8.33. The first-order valence-corrected chi connectivity index (χ1v) is 16.2. The molecule has 0 radical (unpaired) electrons. The second-order valence-corrected chi connectivity index (χ2v) is 13.0. The van der Waals surface area contributed by atoms with Gasteiger partial charge >= 0.3 is 6.09 Å². The highest BCUT2D eigenvalue weighted by Gasteiger charge is 2.29. The highest BCUT2D eigenvalue weighted by Crippen LogP contribution is 2.27. The van der Waals surface area contributed by atoms with Gasteiger partial charge in [-0.1, -0.05) is 73.9 Å². The predicted octanol–water partition coefficient (Wildman–Crippen LogP) is 8.67. The van der Waals surface area contributed by atoms with Crippen LogP contribution in [0.2, 0.25) is 0 Å². The van der Waals surface area contributed by atoms with E-state index in [1.807, 2.05) is 42.7 Å². The Kier molecular flexibility index (Phi) is 10.7. The van der Waals surface area contributed by atoms with Crippen molar-refractivity contribution in [1.82, 2.24) is 14.8 Å². The van der Waals surface area contributed by atoms with E-state index >= 15 is 0 Å². The molecule has 1 fully saturated rings. The zero-order chi connectivity index (χ0) is 32.5. The van der Waals surface area contributed by atoms with Crippen LogP contribution in [-0.4, -0.2) is 45.5 Å². The van der Waals surface area contributed by atoms with E-state index in [0.29, 0.717) is 30.9 Å². The molecule has 240 valence electrons. The highest BCUT2D eigenvalue weighted by atomic mass is 16.6. The first-order valence-electron chi connectivity index (χ1n) is 16.2. The summed E-state index contributed by atoms with van der Waals surface area (Å²) in [5.41, 5.74) is 5.35. The van der Waals surface area contributed by atoms with Crippen LogP contribution in [0, 0.1) is 0 Å². The van der Waals surface area contributed by atoms with E-state index in [9.17, 15) is 9.59 Å². The lowest BCUT2D eigenvalue weighted by molar-refractivity contribution is 0.00987. The topological polar surface area (TPSA) is 72.0 Å². The van der Waals surface area contributed by atoms with Crippen molar-refractivity contribution in [2.45, 2.75) is 84.2 Å². The van der Waals surface area contributed by atoms with Crippen LogP contribution < -0.4 is 4.74 Å². The van der Waals surface area contributed by atoms with Gasteiger partial charge < -0.3 is 19.3 Å². The van der Waals surface area contributed by atoms with Gasteiger partial charge in [-0.3, -0.25) is 9.78 Å². The molecule has 46 heavy (non-hydrogen) atoms. The molecule has 1 aliphatic rings. The Hall–Kier alpha value is -4.65. The molecule has 1 saturated carbocycles. The summed E-state index contributed by atoms with van der Waals surface area (Å²) in [4.78, 5) is 34.8. The first-order chi connectivity index (χ1) is 22.2. The number of pyridine rings is 1. The van der Waals surface area contributed by atoms with E-state index in [-0.39, 0.29) is 18.0 Å². The Morgan fingerprint density at radius 3 is 1.89 bits per heavy atom. The average molecular weight is 620 g/mol. The van der Waals surface area contributed by atoms with Crippen molar-refractivity contribution < 1.29 is 19.1 Å². The number of methoxy groups -OCH3 is 1. The van der Waals surface area contributed by atoms with Gasteiger partial charge in [0, 0.05) is 43.6 Å². The van der Waals surface area contributed by atoms with E-state index in [2.05, 4.69) is 53.5 Å². The Morgan fingerprint density at radius 1 is 0.761 bits per heavy atom. The lowest BCUT2D eigenvalue weighted by Crippen LogP contribution is -2.43. The molecule has 0 bridgehead atoms. The molecule has 3 aromatic carbocycles. The van der Waals surface area contributed by atoms with Gasteiger partial charge in [-0.2, -0.15) is 0 Å². The number of hydrogen-bond acceptors (Lipinski definition) is 5. The summed E-state index contributed by atoms with van der Waals surface area (Å²) < 4.78 is 11.1. The van der Waals surface area contributed by atoms with E-state index in [4.69, 9.17) is 9.47 Å². The fraction of sp³-hybridized carbons (Fsp3) is 0.359. The van der Waals surface area contributed by atoms with Crippen molar-refractivity contribution in [2.24, 2.45) is 0 Å². The van der Waals surface area contributed by atoms with Crippen LogP contribution in [0.15, 0.2) is 97.3 Å². The molecular weight excluding hydrogens is 574 g/mol. The van der Waals surface area contributed by atoms with Crippen LogP contribution >= 0.6 is 0 Å². The molecule has 5 rings (SSSR count). The van der Waals surface area contributed by atoms with E-state index in [1.54, 1.807) is 43.8 Å². The van der Waals surface area contributed by atoms with Gasteiger partial charge in [0.2, 0.25) is 0 Å². The smallest absolute Gasteiger partial charge is 0.410 e. The monoisotopic (exact) mass is 619 g/mol. The molecule has 7 nitrogen and oxygen atoms in total. The minimum atomic E-state index is -0.529. The molecule has 1 aromatic heterocycles. The number of carbonyl (C=O) groups is 2. The second kappa shape index (κ2) is 15.1. The summed E-state index contributed by atoms with van der Waals surface area (Å²) in [5.74, 6) is 0.656. The van der Waals surface area contributed by atoms with Gasteiger partial charge in [-0.25, -0.2) is 4.79 Å². The van der Waals surface area contributed by atoms with E-state index < -0.39 is 5.60 Å². The normalized spacial score (nSPS) is 13.6. The predicted molar refractivity (Wildman–Crippen MR) is 181 cm³/mol. The van der Waals surface area contributed by atoms with Crippen LogP contribution in [0.5, 0.6) is 5.75 Å². The summed E-state index contributed by atoms with van der Waals surface area (Å²) in [6.07, 6.45) is 8.87. The number of hydrogen-bond donors (Lipinski definition) is 0. The maximum Gasteiger partial charge on any atom is 0.410 e. The molecule has 4 aromatic rings. The molecule has 0 atom stereocenters. The average Bonchev–Trinajstić information content (AvgIpc) is 3.07. The summed E-state index contributed by atoms with van der Waals surface area (Å²) >= 11 is 0. The maximum absolute atomic E-state index is 13.6. The minimum absolute atomic E-state index is 0.0557. The minimum Gasteiger partial charge on any atom is -0.497 e. The van der Waals surface area contributed by atoms with Crippen LogP contribution in [0.4, 0.5) is 4.79 Å². The zero-order valence-electron chi connectivity index (χ0n) is 27.4. The molecule has 0 saturated heterocycles. The molecule has 2 amide bonds. The third-order valence-electron chi connectivity index (χ3n) is 8.33. The van der Waals surface area contributed by atoms with Gasteiger partial charge in [-0.05, 0) is 91.8 Å². The van der Waals surface area contributed by atoms with Gasteiger partial charge in [-0.15, -0.1) is 0 Å². The van der Waals surface area contributed by atoms with Crippen LogP contribution in [0.1, 0.15) is 79.9 Å². The number of amides is 2. The number of nitrogens with zero attached hydrogens (tertiary/aromatic N) is 3. The fourth-order valence-corrected chi connectivity index (χ4v) is 5.91.